The van der Waals surface area contributed by atoms with Crippen LogP contribution in [0.2, 0.25) is 0 Å². The number of rotatable bonds is 6. The fourth-order valence-electron chi connectivity index (χ4n) is 2.44. The topological polar surface area (TPSA) is 48.0 Å². The largest absolute Gasteiger partial charge is 0.347 e. The van der Waals surface area contributed by atoms with Crippen molar-refractivity contribution >= 4 is 10.9 Å². The van der Waals surface area contributed by atoms with E-state index in [4.69, 9.17) is 5.73 Å². The van der Waals surface area contributed by atoms with Gasteiger partial charge in [-0.05, 0) is 36.9 Å². The molecule has 0 fully saturated rings. The Balaban J connectivity index is 2.04. The van der Waals surface area contributed by atoms with E-state index >= 15 is 0 Å². The normalized spacial score (nSPS) is 11.9. The molecule has 2 aromatic rings. The maximum atomic E-state index is 11.8. The standard InChI is InChI=1S/C17H24N2O/c1-17(2,13-18)10-5-6-11-19-12-9-16(20)14-7-3-4-8-15(14)19/h3-4,7-9,12H,5-6,10-11,13,18H2,1-2H3. The van der Waals surface area contributed by atoms with Crippen molar-refractivity contribution < 1.29 is 0 Å². The van der Waals surface area contributed by atoms with Crippen molar-refractivity contribution in [3.63, 3.8) is 0 Å². The number of hydrogen-bond donors (Lipinski definition) is 1. The van der Waals surface area contributed by atoms with Gasteiger partial charge >= 0.3 is 0 Å². The number of nitrogens with two attached hydrogens (primary N) is 1. The monoisotopic (exact) mass is 272 g/mol. The van der Waals surface area contributed by atoms with E-state index in [0.29, 0.717) is 0 Å². The van der Waals surface area contributed by atoms with Crippen LogP contribution in [0.4, 0.5) is 0 Å². The molecule has 20 heavy (non-hydrogen) atoms. The second-order valence-electron chi connectivity index (χ2n) is 6.22. The number of nitrogens with zero attached hydrogens (tertiary/aromatic N) is 1. The van der Waals surface area contributed by atoms with Gasteiger partial charge in [0.2, 0.25) is 0 Å². The van der Waals surface area contributed by atoms with Gasteiger partial charge in [-0.15, -0.1) is 0 Å². The van der Waals surface area contributed by atoms with Crippen LogP contribution in [0.25, 0.3) is 10.9 Å². The highest BCUT2D eigenvalue weighted by atomic mass is 16.1. The molecule has 0 bridgehead atoms. The molecule has 1 aromatic heterocycles. The third kappa shape index (κ3) is 3.48. The number of aromatic nitrogens is 1. The summed E-state index contributed by atoms with van der Waals surface area (Å²) in [4.78, 5) is 11.8. The molecule has 0 aliphatic rings. The van der Waals surface area contributed by atoms with Gasteiger partial charge in [0, 0.05) is 24.2 Å². The number of pyridine rings is 1. The Bertz CT molecular complexity index is 628. The van der Waals surface area contributed by atoms with E-state index in [-0.39, 0.29) is 10.8 Å². The average Bonchev–Trinajstić information content (AvgIpc) is 2.46. The third-order valence-electron chi connectivity index (χ3n) is 3.94. The molecule has 2 rings (SSSR count). The fourth-order valence-corrected chi connectivity index (χ4v) is 2.44. The molecule has 0 saturated carbocycles. The van der Waals surface area contributed by atoms with Crippen molar-refractivity contribution in [3.05, 3.63) is 46.8 Å². The van der Waals surface area contributed by atoms with Gasteiger partial charge in [0.15, 0.2) is 5.43 Å². The quantitative estimate of drug-likeness (QED) is 0.821. The summed E-state index contributed by atoms with van der Waals surface area (Å²) in [6.45, 7) is 6.10. The number of hydrogen-bond acceptors (Lipinski definition) is 2. The molecule has 2 N–H and O–H groups in total. The molecule has 0 unspecified atom stereocenters. The van der Waals surface area contributed by atoms with E-state index in [2.05, 4.69) is 18.4 Å². The first kappa shape index (κ1) is 14.8. The molecular formula is C17H24N2O. The second kappa shape index (κ2) is 6.23. The highest BCUT2D eigenvalue weighted by molar-refractivity contribution is 5.78. The van der Waals surface area contributed by atoms with Gasteiger partial charge in [-0.1, -0.05) is 32.4 Å². The van der Waals surface area contributed by atoms with E-state index in [1.54, 1.807) is 6.07 Å². The molecule has 3 nitrogen and oxygen atoms in total. The number of para-hydroxylation sites is 1. The molecule has 3 heteroatoms. The molecule has 0 atom stereocenters. The number of unbranched alkanes of at least 4 members (excludes halogenated alkanes) is 1. The second-order valence-corrected chi connectivity index (χ2v) is 6.22. The maximum absolute atomic E-state index is 11.8. The van der Waals surface area contributed by atoms with Crippen LogP contribution in [0.15, 0.2) is 41.3 Å². The molecule has 108 valence electrons. The summed E-state index contributed by atoms with van der Waals surface area (Å²) in [5.41, 5.74) is 7.10. The smallest absolute Gasteiger partial charge is 0.189 e. The van der Waals surface area contributed by atoms with E-state index in [9.17, 15) is 4.79 Å². The minimum Gasteiger partial charge on any atom is -0.347 e. The molecule has 0 spiro atoms. The first-order valence-electron chi connectivity index (χ1n) is 7.32. The van der Waals surface area contributed by atoms with Crippen molar-refractivity contribution in [1.82, 2.24) is 4.57 Å². The van der Waals surface area contributed by atoms with E-state index in [1.807, 2.05) is 30.5 Å². The van der Waals surface area contributed by atoms with Crippen LogP contribution in [0, 0.1) is 5.41 Å². The van der Waals surface area contributed by atoms with Crippen LogP contribution >= 0.6 is 0 Å². The lowest BCUT2D eigenvalue weighted by Gasteiger charge is -2.22. The molecule has 0 aliphatic carbocycles. The Kier molecular flexibility index (Phi) is 4.61. The first-order valence-corrected chi connectivity index (χ1v) is 7.32. The molecular weight excluding hydrogens is 248 g/mol. The summed E-state index contributed by atoms with van der Waals surface area (Å²) in [6, 6.07) is 9.46. The Labute approximate surface area is 120 Å². The van der Waals surface area contributed by atoms with Gasteiger partial charge in [-0.3, -0.25) is 4.79 Å². The fraction of sp³-hybridized carbons (Fsp3) is 0.471. The summed E-state index contributed by atoms with van der Waals surface area (Å²) in [5.74, 6) is 0. The lowest BCUT2D eigenvalue weighted by atomic mass is 9.87. The molecule has 0 saturated heterocycles. The summed E-state index contributed by atoms with van der Waals surface area (Å²) < 4.78 is 2.17. The number of aryl methyl sites for hydroxylation is 1. The predicted octanol–water partition coefficient (Wildman–Crippen LogP) is 3.16. The Morgan fingerprint density at radius 1 is 1.15 bits per heavy atom. The zero-order valence-corrected chi connectivity index (χ0v) is 12.4. The SMILES string of the molecule is CC(C)(CN)CCCCn1ccc(=O)c2ccccc21. The maximum Gasteiger partial charge on any atom is 0.189 e. The lowest BCUT2D eigenvalue weighted by Crippen LogP contribution is -2.23. The van der Waals surface area contributed by atoms with Crippen molar-refractivity contribution in [3.8, 4) is 0 Å². The van der Waals surface area contributed by atoms with Gasteiger partial charge < -0.3 is 10.3 Å². The third-order valence-corrected chi connectivity index (χ3v) is 3.94. The van der Waals surface area contributed by atoms with Gasteiger partial charge in [0.05, 0.1) is 5.52 Å². The van der Waals surface area contributed by atoms with E-state index in [0.717, 1.165) is 43.3 Å². The van der Waals surface area contributed by atoms with E-state index in [1.165, 1.54) is 0 Å². The number of fused-ring (bicyclic) bond motifs is 1. The average molecular weight is 272 g/mol. The van der Waals surface area contributed by atoms with Crippen molar-refractivity contribution in [2.45, 2.75) is 39.7 Å². The van der Waals surface area contributed by atoms with Gasteiger partial charge in [0.1, 0.15) is 0 Å². The predicted molar refractivity (Wildman–Crippen MR) is 84.9 cm³/mol. The highest BCUT2D eigenvalue weighted by Crippen LogP contribution is 2.21. The van der Waals surface area contributed by atoms with Crippen molar-refractivity contribution in [2.24, 2.45) is 11.1 Å². The van der Waals surface area contributed by atoms with Crippen molar-refractivity contribution in [2.75, 3.05) is 6.54 Å². The Hall–Kier alpha value is -1.61. The van der Waals surface area contributed by atoms with Gasteiger partial charge in [0.25, 0.3) is 0 Å². The highest BCUT2D eigenvalue weighted by Gasteiger charge is 2.14. The van der Waals surface area contributed by atoms with Crippen molar-refractivity contribution in [1.29, 1.82) is 0 Å². The molecule has 1 heterocycles. The lowest BCUT2D eigenvalue weighted by molar-refractivity contribution is 0.329. The first-order chi connectivity index (χ1) is 9.53. The van der Waals surface area contributed by atoms with Crippen LogP contribution in [0.3, 0.4) is 0 Å². The summed E-state index contributed by atoms with van der Waals surface area (Å²) >= 11 is 0. The van der Waals surface area contributed by atoms with Crippen LogP contribution in [0.1, 0.15) is 33.1 Å². The molecule has 1 aromatic carbocycles. The molecule has 0 amide bonds. The molecule has 0 radical (unpaired) electrons. The Morgan fingerprint density at radius 2 is 1.90 bits per heavy atom. The summed E-state index contributed by atoms with van der Waals surface area (Å²) in [7, 11) is 0. The molecule has 0 aliphatic heterocycles. The van der Waals surface area contributed by atoms with Crippen LogP contribution in [0.5, 0.6) is 0 Å². The van der Waals surface area contributed by atoms with Gasteiger partial charge in [-0.2, -0.15) is 0 Å². The Morgan fingerprint density at radius 3 is 2.65 bits per heavy atom. The van der Waals surface area contributed by atoms with Crippen LogP contribution in [-0.4, -0.2) is 11.1 Å². The minimum absolute atomic E-state index is 0.0983. The summed E-state index contributed by atoms with van der Waals surface area (Å²) in [5, 5.41) is 0.803. The minimum atomic E-state index is 0.0983. The number of benzene rings is 1. The zero-order valence-electron chi connectivity index (χ0n) is 12.4. The van der Waals surface area contributed by atoms with Crippen LogP contribution in [-0.2, 0) is 6.54 Å². The van der Waals surface area contributed by atoms with Gasteiger partial charge in [-0.25, -0.2) is 0 Å². The van der Waals surface area contributed by atoms with E-state index < -0.39 is 0 Å². The van der Waals surface area contributed by atoms with Crippen LogP contribution < -0.4 is 11.2 Å². The summed E-state index contributed by atoms with van der Waals surface area (Å²) in [6.07, 6.45) is 5.31. The zero-order chi connectivity index (χ0) is 14.6.